The van der Waals surface area contributed by atoms with Crippen LogP contribution in [0.3, 0.4) is 0 Å². The van der Waals surface area contributed by atoms with Gasteiger partial charge in [0.25, 0.3) is 0 Å². The third kappa shape index (κ3) is 5.19. The quantitative estimate of drug-likeness (QED) is 0.796. The molecule has 2 N–H and O–H groups in total. The highest BCUT2D eigenvalue weighted by Gasteiger charge is 2.15. The molecule has 6 nitrogen and oxygen atoms in total. The van der Waals surface area contributed by atoms with Crippen LogP contribution in [0.1, 0.15) is 17.7 Å². The highest BCUT2D eigenvalue weighted by molar-refractivity contribution is 6.29. The van der Waals surface area contributed by atoms with E-state index in [-0.39, 0.29) is 12.6 Å². The van der Waals surface area contributed by atoms with Crippen molar-refractivity contribution in [1.82, 2.24) is 14.9 Å². The third-order valence-corrected chi connectivity index (χ3v) is 3.47. The minimum absolute atomic E-state index is 0.0261. The number of anilines is 1. The van der Waals surface area contributed by atoms with Gasteiger partial charge in [-0.15, -0.1) is 0 Å². The second kappa shape index (κ2) is 8.45. The lowest BCUT2D eigenvalue weighted by molar-refractivity contribution is 0.199. The van der Waals surface area contributed by atoms with Gasteiger partial charge in [-0.1, -0.05) is 17.7 Å². The summed E-state index contributed by atoms with van der Waals surface area (Å²) in [6, 6.07) is 6.82. The summed E-state index contributed by atoms with van der Waals surface area (Å²) in [4.78, 5) is 22.3. The van der Waals surface area contributed by atoms with E-state index in [1.165, 1.54) is 0 Å². The van der Waals surface area contributed by atoms with Crippen LogP contribution < -0.4 is 5.32 Å². The molecular formula is C16H19ClN4O2. The fraction of sp³-hybridized carbons (Fsp3) is 0.312. The first-order chi connectivity index (χ1) is 11.1. The van der Waals surface area contributed by atoms with Gasteiger partial charge >= 0.3 is 6.03 Å². The van der Waals surface area contributed by atoms with Crippen molar-refractivity contribution in [3.05, 3.63) is 53.1 Å². The number of aliphatic hydroxyl groups is 1. The van der Waals surface area contributed by atoms with Gasteiger partial charge in [0.2, 0.25) is 0 Å². The first kappa shape index (κ1) is 17.2. The number of rotatable bonds is 6. The second-order valence-corrected chi connectivity index (χ2v) is 5.44. The summed E-state index contributed by atoms with van der Waals surface area (Å²) in [6.45, 7) is 2.66. The monoisotopic (exact) mass is 334 g/mol. The summed E-state index contributed by atoms with van der Waals surface area (Å²) in [5.41, 5.74) is 2.18. The van der Waals surface area contributed by atoms with Crippen molar-refractivity contribution in [2.45, 2.75) is 19.9 Å². The lowest BCUT2D eigenvalue weighted by atomic mass is 10.2. The Morgan fingerprint density at radius 2 is 2.22 bits per heavy atom. The van der Waals surface area contributed by atoms with E-state index in [2.05, 4.69) is 15.3 Å². The van der Waals surface area contributed by atoms with E-state index in [1.54, 1.807) is 36.4 Å². The van der Waals surface area contributed by atoms with E-state index in [0.29, 0.717) is 36.0 Å². The van der Waals surface area contributed by atoms with Crippen LogP contribution in [0.25, 0.3) is 0 Å². The molecule has 0 aliphatic heterocycles. The molecule has 0 aromatic carbocycles. The van der Waals surface area contributed by atoms with Crippen LogP contribution in [-0.4, -0.2) is 39.2 Å². The summed E-state index contributed by atoms with van der Waals surface area (Å²) >= 11 is 5.82. The zero-order valence-electron chi connectivity index (χ0n) is 12.9. The Morgan fingerprint density at radius 3 is 2.87 bits per heavy atom. The van der Waals surface area contributed by atoms with Crippen molar-refractivity contribution in [3.8, 4) is 0 Å². The Labute approximate surface area is 140 Å². The number of carbonyl (C=O) groups is 1. The van der Waals surface area contributed by atoms with Gasteiger partial charge < -0.3 is 15.3 Å². The van der Waals surface area contributed by atoms with Crippen molar-refractivity contribution < 1.29 is 9.90 Å². The van der Waals surface area contributed by atoms with Gasteiger partial charge in [-0.2, -0.15) is 0 Å². The highest BCUT2D eigenvalue weighted by atomic mass is 35.5. The van der Waals surface area contributed by atoms with Crippen molar-refractivity contribution >= 4 is 23.3 Å². The Kier molecular flexibility index (Phi) is 6.31. The number of amides is 2. The molecule has 0 unspecified atom stereocenters. The first-order valence-corrected chi connectivity index (χ1v) is 7.67. The van der Waals surface area contributed by atoms with Crippen molar-refractivity contribution in [2.75, 3.05) is 18.5 Å². The average Bonchev–Trinajstić information content (AvgIpc) is 2.55. The minimum Gasteiger partial charge on any atom is -0.396 e. The van der Waals surface area contributed by atoms with Gasteiger partial charge in [0, 0.05) is 32.1 Å². The summed E-state index contributed by atoms with van der Waals surface area (Å²) in [5, 5.41) is 12.2. The van der Waals surface area contributed by atoms with Gasteiger partial charge in [0.05, 0.1) is 11.4 Å². The summed E-state index contributed by atoms with van der Waals surface area (Å²) in [5.74, 6) is 0. The smallest absolute Gasteiger partial charge is 0.322 e. The molecule has 0 aliphatic rings. The molecule has 23 heavy (non-hydrogen) atoms. The topological polar surface area (TPSA) is 78.4 Å². The molecule has 0 radical (unpaired) electrons. The molecular weight excluding hydrogens is 316 g/mol. The molecule has 2 heterocycles. The van der Waals surface area contributed by atoms with Crippen LogP contribution in [0.2, 0.25) is 5.15 Å². The van der Waals surface area contributed by atoms with Crippen LogP contribution >= 0.6 is 11.6 Å². The number of halogens is 1. The summed E-state index contributed by atoms with van der Waals surface area (Å²) in [7, 11) is 0. The van der Waals surface area contributed by atoms with Gasteiger partial charge in [0.15, 0.2) is 0 Å². The van der Waals surface area contributed by atoms with Crippen molar-refractivity contribution in [3.63, 3.8) is 0 Å². The van der Waals surface area contributed by atoms with Gasteiger partial charge in [-0.05, 0) is 37.1 Å². The number of hydrogen-bond acceptors (Lipinski definition) is 4. The maximum Gasteiger partial charge on any atom is 0.322 e. The molecule has 7 heteroatoms. The number of hydrogen-bond donors (Lipinski definition) is 2. The largest absolute Gasteiger partial charge is 0.396 e. The summed E-state index contributed by atoms with van der Waals surface area (Å²) in [6.07, 6.45) is 3.91. The fourth-order valence-corrected chi connectivity index (χ4v) is 2.27. The summed E-state index contributed by atoms with van der Waals surface area (Å²) < 4.78 is 0. The predicted molar refractivity (Wildman–Crippen MR) is 89.4 cm³/mol. The Hall–Kier alpha value is -2.18. The predicted octanol–water partition coefficient (Wildman–Crippen LogP) is 2.85. The molecule has 0 saturated heterocycles. The zero-order chi connectivity index (χ0) is 16.7. The van der Waals surface area contributed by atoms with Crippen LogP contribution in [0, 0.1) is 6.92 Å². The minimum atomic E-state index is -0.255. The maximum absolute atomic E-state index is 12.5. The van der Waals surface area contributed by atoms with Gasteiger partial charge in [0.1, 0.15) is 5.15 Å². The number of nitrogens with one attached hydrogen (secondary N) is 1. The van der Waals surface area contributed by atoms with E-state index in [4.69, 9.17) is 16.7 Å². The molecule has 2 rings (SSSR count). The molecule has 0 bridgehead atoms. The SMILES string of the molecule is Cc1nc(Cl)ccc1NC(=O)N(CCCO)Cc1cccnc1. The van der Waals surface area contributed by atoms with E-state index < -0.39 is 0 Å². The number of pyridine rings is 2. The molecule has 0 spiro atoms. The van der Waals surface area contributed by atoms with Crippen molar-refractivity contribution in [1.29, 1.82) is 0 Å². The molecule has 0 aliphatic carbocycles. The Balaban J connectivity index is 2.09. The van der Waals surface area contributed by atoms with Crippen LogP contribution in [0.5, 0.6) is 0 Å². The Morgan fingerprint density at radius 1 is 1.39 bits per heavy atom. The van der Waals surface area contributed by atoms with Crippen LogP contribution in [0.15, 0.2) is 36.7 Å². The first-order valence-electron chi connectivity index (χ1n) is 7.29. The van der Waals surface area contributed by atoms with E-state index in [0.717, 1.165) is 5.56 Å². The normalized spacial score (nSPS) is 10.4. The van der Waals surface area contributed by atoms with Crippen molar-refractivity contribution in [2.24, 2.45) is 0 Å². The standard InChI is InChI=1S/C16H19ClN4O2/c1-12-14(5-6-15(17)19-12)20-16(23)21(8-3-9-22)11-13-4-2-7-18-10-13/h2,4-7,10,22H,3,8-9,11H2,1H3,(H,20,23). The number of aromatic nitrogens is 2. The van der Waals surface area contributed by atoms with E-state index in [9.17, 15) is 4.79 Å². The van der Waals surface area contributed by atoms with Crippen LogP contribution in [0.4, 0.5) is 10.5 Å². The number of carbonyl (C=O) groups excluding carboxylic acids is 1. The Bertz CT molecular complexity index is 652. The fourth-order valence-electron chi connectivity index (χ4n) is 2.08. The third-order valence-electron chi connectivity index (χ3n) is 3.26. The molecule has 2 amide bonds. The second-order valence-electron chi connectivity index (χ2n) is 5.06. The lowest BCUT2D eigenvalue weighted by Crippen LogP contribution is -2.35. The molecule has 2 aromatic rings. The van der Waals surface area contributed by atoms with Gasteiger partial charge in [-0.3, -0.25) is 4.98 Å². The molecule has 0 fully saturated rings. The maximum atomic E-state index is 12.5. The number of urea groups is 1. The number of aryl methyl sites for hydroxylation is 1. The molecule has 0 atom stereocenters. The molecule has 122 valence electrons. The molecule has 0 saturated carbocycles. The highest BCUT2D eigenvalue weighted by Crippen LogP contribution is 2.17. The van der Waals surface area contributed by atoms with Crippen LogP contribution in [-0.2, 0) is 6.54 Å². The van der Waals surface area contributed by atoms with Gasteiger partial charge in [-0.25, -0.2) is 9.78 Å². The average molecular weight is 335 g/mol. The zero-order valence-corrected chi connectivity index (χ0v) is 13.6. The van der Waals surface area contributed by atoms with E-state index in [1.807, 2.05) is 12.1 Å². The number of nitrogens with zero attached hydrogens (tertiary/aromatic N) is 3. The van der Waals surface area contributed by atoms with E-state index >= 15 is 0 Å². The molecule has 2 aromatic heterocycles. The lowest BCUT2D eigenvalue weighted by Gasteiger charge is -2.23. The number of aliphatic hydroxyl groups excluding tert-OH is 1.